The molecule has 1 nitrogen and oxygen atoms in total. The first-order chi connectivity index (χ1) is 14.8. The van der Waals surface area contributed by atoms with Crippen LogP contribution in [0.25, 0.3) is 27.8 Å². The van der Waals surface area contributed by atoms with Crippen LogP contribution in [0.15, 0.2) is 85.0 Å². The van der Waals surface area contributed by atoms with Crippen LogP contribution in [0.3, 0.4) is 0 Å². The molecule has 0 bridgehead atoms. The van der Waals surface area contributed by atoms with E-state index in [9.17, 15) is 4.79 Å². The fourth-order valence-electron chi connectivity index (χ4n) is 4.95. The largest absolute Gasteiger partial charge is 0.289 e. The number of carbonyl (C=O) groups excluding carboxylic acids is 1. The van der Waals surface area contributed by atoms with Crippen molar-refractivity contribution in [2.45, 2.75) is 26.2 Å². The molecule has 0 N–H and O–H groups in total. The van der Waals surface area contributed by atoms with E-state index >= 15 is 0 Å². The van der Waals surface area contributed by atoms with Gasteiger partial charge in [-0.3, -0.25) is 4.79 Å². The highest BCUT2D eigenvalue weighted by atomic mass is 35.5. The number of benzene rings is 3. The van der Waals surface area contributed by atoms with Crippen molar-refractivity contribution in [3.63, 3.8) is 0 Å². The van der Waals surface area contributed by atoms with Gasteiger partial charge in [-0.15, -0.1) is 0 Å². The average Bonchev–Trinajstić information content (AvgIpc) is 3.14. The maximum Gasteiger partial charge on any atom is 0.194 e. The molecule has 2 aliphatic carbocycles. The van der Waals surface area contributed by atoms with Crippen LogP contribution < -0.4 is 0 Å². The number of halogens is 1. The van der Waals surface area contributed by atoms with Crippen molar-refractivity contribution in [2.75, 3.05) is 0 Å². The zero-order valence-electron chi connectivity index (χ0n) is 17.9. The molecule has 3 aromatic rings. The first kappa shape index (κ1) is 19.8. The fraction of sp³-hybridized carbons (Fsp3) is 0.138. The van der Waals surface area contributed by atoms with Gasteiger partial charge in [0.1, 0.15) is 0 Å². The topological polar surface area (TPSA) is 17.1 Å². The van der Waals surface area contributed by atoms with Crippen molar-refractivity contribution >= 4 is 23.0 Å². The minimum Gasteiger partial charge on any atom is -0.289 e. The zero-order chi connectivity index (χ0) is 21.9. The molecule has 0 aromatic heterocycles. The van der Waals surface area contributed by atoms with Crippen LogP contribution in [-0.4, -0.2) is 5.78 Å². The van der Waals surface area contributed by atoms with E-state index in [0.29, 0.717) is 5.57 Å². The predicted molar refractivity (Wildman–Crippen MR) is 131 cm³/mol. The van der Waals surface area contributed by atoms with E-state index in [-0.39, 0.29) is 11.2 Å². The second-order valence-electron chi connectivity index (χ2n) is 8.72. The van der Waals surface area contributed by atoms with Gasteiger partial charge in [0, 0.05) is 21.6 Å². The molecule has 5 rings (SSSR count). The lowest BCUT2D eigenvalue weighted by atomic mass is 9.81. The summed E-state index contributed by atoms with van der Waals surface area (Å²) in [6.07, 6.45) is 5.68. The summed E-state index contributed by atoms with van der Waals surface area (Å²) in [5.41, 5.74) is 9.96. The summed E-state index contributed by atoms with van der Waals surface area (Å²) in [5, 5.41) is 0.755. The first-order valence-corrected chi connectivity index (χ1v) is 10.9. The number of fused-ring (bicyclic) bond motifs is 4. The molecule has 0 atom stereocenters. The average molecular weight is 423 g/mol. The fourth-order valence-corrected chi connectivity index (χ4v) is 5.12. The van der Waals surface area contributed by atoms with Gasteiger partial charge >= 0.3 is 0 Å². The van der Waals surface area contributed by atoms with Crippen molar-refractivity contribution in [3.05, 3.63) is 112 Å². The molecular weight excluding hydrogens is 400 g/mol. The van der Waals surface area contributed by atoms with Gasteiger partial charge in [0.15, 0.2) is 5.78 Å². The standard InChI is InChI=1S/C29H23ClO/c1-5-6-8-21-17(2)20-9-7-10-22(27(20)28(21)31)18-11-13-23-24-14-12-19(30)16-26(24)29(3,4)25(23)15-18/h5-16H,2H2,1,3-4H3/b6-5-,21-8+. The zero-order valence-corrected chi connectivity index (χ0v) is 18.7. The Balaban J connectivity index is 1.68. The molecule has 0 fully saturated rings. The SMILES string of the molecule is C=C1/C(=C\C=C/C)C(=O)c2c1cccc2-c1ccc2c(c1)C(C)(C)c1cc(Cl)ccc1-2. The van der Waals surface area contributed by atoms with Crippen LogP contribution in [0, 0.1) is 0 Å². The van der Waals surface area contributed by atoms with Crippen molar-refractivity contribution in [1.82, 2.24) is 0 Å². The molecule has 2 heteroatoms. The lowest BCUT2D eigenvalue weighted by Crippen LogP contribution is -2.15. The number of hydrogen-bond acceptors (Lipinski definition) is 1. The van der Waals surface area contributed by atoms with Gasteiger partial charge in [-0.05, 0) is 69.6 Å². The van der Waals surface area contributed by atoms with Gasteiger partial charge in [-0.2, -0.15) is 0 Å². The summed E-state index contributed by atoms with van der Waals surface area (Å²) < 4.78 is 0. The molecular formula is C29H23ClO. The van der Waals surface area contributed by atoms with Gasteiger partial charge in [-0.25, -0.2) is 0 Å². The van der Waals surface area contributed by atoms with Crippen LogP contribution in [0.4, 0.5) is 0 Å². The van der Waals surface area contributed by atoms with Gasteiger partial charge in [0.05, 0.1) is 0 Å². The molecule has 0 saturated heterocycles. The molecule has 2 aliphatic rings. The van der Waals surface area contributed by atoms with Gasteiger partial charge in [-0.1, -0.05) is 86.7 Å². The third-order valence-corrected chi connectivity index (χ3v) is 6.83. The molecule has 0 saturated carbocycles. The highest BCUT2D eigenvalue weighted by Gasteiger charge is 2.36. The molecule has 0 spiro atoms. The van der Waals surface area contributed by atoms with E-state index < -0.39 is 0 Å². The van der Waals surface area contributed by atoms with Crippen molar-refractivity contribution < 1.29 is 4.79 Å². The second kappa shape index (κ2) is 6.93. The Hall–Kier alpha value is -3.16. The summed E-state index contributed by atoms with van der Waals surface area (Å²) in [7, 11) is 0. The van der Waals surface area contributed by atoms with E-state index in [1.54, 1.807) is 0 Å². The van der Waals surface area contributed by atoms with Gasteiger partial charge in [0.2, 0.25) is 0 Å². The van der Waals surface area contributed by atoms with Crippen LogP contribution in [0.2, 0.25) is 5.02 Å². The van der Waals surface area contributed by atoms with E-state index in [1.165, 1.54) is 22.3 Å². The van der Waals surface area contributed by atoms with Gasteiger partial charge < -0.3 is 0 Å². The smallest absolute Gasteiger partial charge is 0.194 e. The Morgan fingerprint density at radius 1 is 0.903 bits per heavy atom. The molecule has 0 unspecified atom stereocenters. The monoisotopic (exact) mass is 422 g/mol. The highest BCUT2D eigenvalue weighted by molar-refractivity contribution is 6.31. The number of carbonyl (C=O) groups is 1. The maximum atomic E-state index is 13.3. The highest BCUT2D eigenvalue weighted by Crippen LogP contribution is 2.51. The Kier molecular flexibility index (Phi) is 4.42. The molecule has 0 amide bonds. The second-order valence-corrected chi connectivity index (χ2v) is 9.15. The minimum absolute atomic E-state index is 0.0449. The molecule has 0 aliphatic heterocycles. The molecule has 3 aromatic carbocycles. The third kappa shape index (κ3) is 2.80. The summed E-state index contributed by atoms with van der Waals surface area (Å²) in [5.74, 6) is 0.0449. The molecule has 0 radical (unpaired) electrons. The quantitative estimate of drug-likeness (QED) is 0.382. The van der Waals surface area contributed by atoms with Crippen molar-refractivity contribution in [3.8, 4) is 22.3 Å². The minimum atomic E-state index is -0.159. The third-order valence-electron chi connectivity index (χ3n) is 6.59. The Morgan fingerprint density at radius 2 is 1.58 bits per heavy atom. The number of rotatable bonds is 2. The van der Waals surface area contributed by atoms with Gasteiger partial charge in [0.25, 0.3) is 0 Å². The Morgan fingerprint density at radius 3 is 2.32 bits per heavy atom. The van der Waals surface area contributed by atoms with Crippen LogP contribution in [0.1, 0.15) is 47.8 Å². The molecule has 31 heavy (non-hydrogen) atoms. The summed E-state index contributed by atoms with van der Waals surface area (Å²) in [6, 6.07) is 18.7. The van der Waals surface area contributed by atoms with Crippen molar-refractivity contribution in [1.29, 1.82) is 0 Å². The Bertz CT molecular complexity index is 1350. The lowest BCUT2D eigenvalue weighted by Gasteiger charge is -2.22. The van der Waals surface area contributed by atoms with Crippen LogP contribution in [0.5, 0.6) is 0 Å². The van der Waals surface area contributed by atoms with E-state index in [4.69, 9.17) is 11.6 Å². The predicted octanol–water partition coefficient (Wildman–Crippen LogP) is 8.03. The van der Waals surface area contributed by atoms with Crippen molar-refractivity contribution in [2.24, 2.45) is 0 Å². The Labute approximate surface area is 188 Å². The summed E-state index contributed by atoms with van der Waals surface area (Å²) in [4.78, 5) is 13.3. The van der Waals surface area contributed by atoms with E-state index in [2.05, 4.69) is 50.8 Å². The van der Waals surface area contributed by atoms with Crippen LogP contribution >= 0.6 is 11.6 Å². The maximum absolute atomic E-state index is 13.3. The molecule has 152 valence electrons. The normalized spacial score (nSPS) is 17.4. The number of ketones is 1. The molecule has 0 heterocycles. The summed E-state index contributed by atoms with van der Waals surface area (Å²) in [6.45, 7) is 10.6. The first-order valence-electron chi connectivity index (χ1n) is 10.5. The number of allylic oxidation sites excluding steroid dienone is 5. The van der Waals surface area contributed by atoms with E-state index in [0.717, 1.165) is 32.8 Å². The van der Waals surface area contributed by atoms with E-state index in [1.807, 2.05) is 49.4 Å². The lowest BCUT2D eigenvalue weighted by molar-refractivity contribution is 0.104. The van der Waals surface area contributed by atoms with Crippen LogP contribution in [-0.2, 0) is 5.41 Å². The number of Topliss-reactive ketones (excluding diaryl/α,β-unsaturated/α-hetero) is 1. The number of hydrogen-bond donors (Lipinski definition) is 0. The summed E-state index contributed by atoms with van der Waals surface area (Å²) >= 11 is 6.31.